The van der Waals surface area contributed by atoms with Crippen molar-refractivity contribution in [2.75, 3.05) is 12.8 Å². The molecule has 1 aromatic carbocycles. The minimum absolute atomic E-state index is 0.0465. The Kier molecular flexibility index (Phi) is 5.03. The van der Waals surface area contributed by atoms with Gasteiger partial charge in [-0.1, -0.05) is 11.6 Å². The first-order valence-electron chi connectivity index (χ1n) is 5.47. The fourth-order valence-corrected chi connectivity index (χ4v) is 1.99. The molecule has 0 aromatic heterocycles. The summed E-state index contributed by atoms with van der Waals surface area (Å²) in [6, 6.07) is 4.77. The van der Waals surface area contributed by atoms with E-state index in [0.717, 1.165) is 6.26 Å². The summed E-state index contributed by atoms with van der Waals surface area (Å²) >= 11 is 9.07. The highest BCUT2D eigenvalue weighted by atomic mass is 79.9. The molecule has 106 valence electrons. The Morgan fingerprint density at radius 1 is 1.42 bits per heavy atom. The van der Waals surface area contributed by atoms with Crippen LogP contribution in [-0.2, 0) is 9.84 Å². The van der Waals surface area contributed by atoms with Crippen molar-refractivity contribution < 1.29 is 13.2 Å². The Balaban J connectivity index is 2.79. The van der Waals surface area contributed by atoms with E-state index in [1.807, 2.05) is 0 Å². The van der Waals surface area contributed by atoms with Gasteiger partial charge in [-0.15, -0.1) is 0 Å². The van der Waals surface area contributed by atoms with E-state index in [1.165, 1.54) is 0 Å². The lowest BCUT2D eigenvalue weighted by Gasteiger charge is -2.22. The number of halogens is 2. The number of carbonyl (C=O) groups excluding carboxylic acids is 1. The Hall–Kier alpha value is -0.590. The third-order valence-electron chi connectivity index (χ3n) is 2.86. The van der Waals surface area contributed by atoms with Gasteiger partial charge in [-0.2, -0.15) is 0 Å². The molecular weight excluding hydrogens is 354 g/mol. The summed E-state index contributed by atoms with van der Waals surface area (Å²) < 4.78 is 22.7. The molecule has 1 amide bonds. The van der Waals surface area contributed by atoms with E-state index in [4.69, 9.17) is 11.6 Å². The topological polar surface area (TPSA) is 63.2 Å². The monoisotopic (exact) mass is 367 g/mol. The molecule has 1 rings (SSSR count). The molecule has 0 saturated heterocycles. The number of carbonyl (C=O) groups is 1. The molecule has 0 saturated carbocycles. The number of hydrogen-bond donors (Lipinski definition) is 1. The van der Waals surface area contributed by atoms with Crippen LogP contribution in [0.25, 0.3) is 0 Å². The second kappa shape index (κ2) is 5.81. The van der Waals surface area contributed by atoms with E-state index >= 15 is 0 Å². The Labute approximate surface area is 126 Å². The van der Waals surface area contributed by atoms with Crippen molar-refractivity contribution in [1.29, 1.82) is 0 Å². The summed E-state index contributed by atoms with van der Waals surface area (Å²) in [6.45, 7) is 3.19. The molecule has 1 aromatic rings. The summed E-state index contributed by atoms with van der Waals surface area (Å²) in [4.78, 5) is 11.9. The van der Waals surface area contributed by atoms with Crippen molar-refractivity contribution in [2.45, 2.75) is 18.6 Å². The zero-order valence-corrected chi connectivity index (χ0v) is 14.0. The van der Waals surface area contributed by atoms with Crippen molar-refractivity contribution in [2.24, 2.45) is 0 Å². The van der Waals surface area contributed by atoms with E-state index in [9.17, 15) is 13.2 Å². The van der Waals surface area contributed by atoms with E-state index in [-0.39, 0.29) is 12.5 Å². The van der Waals surface area contributed by atoms with Crippen LogP contribution in [0, 0.1) is 0 Å². The smallest absolute Gasteiger partial charge is 0.251 e. The number of benzene rings is 1. The highest BCUT2D eigenvalue weighted by Crippen LogP contribution is 2.23. The molecule has 0 aliphatic heterocycles. The zero-order chi connectivity index (χ0) is 14.8. The molecule has 0 bridgehead atoms. The molecule has 0 aliphatic rings. The summed E-state index contributed by atoms with van der Waals surface area (Å²) in [5.74, 6) is -0.339. The van der Waals surface area contributed by atoms with Crippen molar-refractivity contribution in [3.05, 3.63) is 33.3 Å². The maximum atomic E-state index is 11.9. The molecule has 4 nitrogen and oxygen atoms in total. The van der Waals surface area contributed by atoms with E-state index in [0.29, 0.717) is 15.1 Å². The predicted octanol–water partition coefficient (Wildman–Crippen LogP) is 2.66. The number of amides is 1. The van der Waals surface area contributed by atoms with Crippen molar-refractivity contribution in [1.82, 2.24) is 5.32 Å². The lowest BCUT2D eigenvalue weighted by Crippen LogP contribution is -2.43. The Bertz CT molecular complexity index is 599. The zero-order valence-electron chi connectivity index (χ0n) is 10.8. The predicted molar refractivity (Wildman–Crippen MR) is 80.4 cm³/mol. The van der Waals surface area contributed by atoms with Crippen LogP contribution in [0.4, 0.5) is 0 Å². The molecule has 0 spiro atoms. The van der Waals surface area contributed by atoms with E-state index in [2.05, 4.69) is 21.2 Å². The van der Waals surface area contributed by atoms with Gasteiger partial charge in [0.2, 0.25) is 0 Å². The summed E-state index contributed by atoms with van der Waals surface area (Å²) in [5.41, 5.74) is 0.417. The fraction of sp³-hybridized carbons (Fsp3) is 0.417. The fourth-order valence-electron chi connectivity index (χ4n) is 1.16. The molecule has 7 heteroatoms. The summed E-state index contributed by atoms with van der Waals surface area (Å²) in [6.07, 6.45) is 1.15. The lowest BCUT2D eigenvalue weighted by molar-refractivity contribution is 0.0950. The third-order valence-corrected chi connectivity index (χ3v) is 6.23. The van der Waals surface area contributed by atoms with E-state index in [1.54, 1.807) is 32.0 Å². The molecule has 0 heterocycles. The van der Waals surface area contributed by atoms with Gasteiger partial charge >= 0.3 is 0 Å². The second-order valence-corrected chi connectivity index (χ2v) is 8.75. The SMILES string of the molecule is CC(C)(CNC(=O)c1ccc(Cl)c(Br)c1)S(C)(=O)=O. The number of sulfone groups is 1. The van der Waals surface area contributed by atoms with Crippen LogP contribution in [-0.4, -0.2) is 31.9 Å². The van der Waals surface area contributed by atoms with Crippen molar-refractivity contribution >= 4 is 43.3 Å². The number of rotatable bonds is 4. The maximum absolute atomic E-state index is 11.9. The van der Waals surface area contributed by atoms with Crippen molar-refractivity contribution in [3.63, 3.8) is 0 Å². The van der Waals surface area contributed by atoms with Gasteiger partial charge in [-0.3, -0.25) is 4.79 Å². The minimum atomic E-state index is -3.24. The maximum Gasteiger partial charge on any atom is 0.251 e. The second-order valence-electron chi connectivity index (χ2n) is 4.84. The average Bonchev–Trinajstić information content (AvgIpc) is 2.28. The standard InChI is InChI=1S/C12H15BrClNO3S/c1-12(2,19(3,17)18)7-15-11(16)8-4-5-10(14)9(13)6-8/h4-6H,7H2,1-3H3,(H,15,16). The van der Waals surface area contributed by atoms with Gasteiger partial charge in [0.05, 0.1) is 9.77 Å². The third kappa shape index (κ3) is 4.19. The summed E-state index contributed by atoms with van der Waals surface area (Å²) in [7, 11) is -3.24. The first-order valence-corrected chi connectivity index (χ1v) is 8.54. The van der Waals surface area contributed by atoms with Crippen LogP contribution in [0.2, 0.25) is 5.02 Å². The quantitative estimate of drug-likeness (QED) is 0.888. The average molecular weight is 369 g/mol. The normalized spacial score (nSPS) is 12.3. The van der Waals surface area contributed by atoms with Gasteiger partial charge in [0, 0.05) is 22.8 Å². The molecule has 0 unspecified atom stereocenters. The van der Waals surface area contributed by atoms with Gasteiger partial charge < -0.3 is 5.32 Å². The van der Waals surface area contributed by atoms with Gasteiger partial charge in [0.1, 0.15) is 0 Å². The van der Waals surface area contributed by atoms with E-state index < -0.39 is 14.6 Å². The van der Waals surface area contributed by atoms with Crippen LogP contribution < -0.4 is 5.32 Å². The number of nitrogens with one attached hydrogen (secondary N) is 1. The molecule has 0 aliphatic carbocycles. The van der Waals surface area contributed by atoms with Crippen molar-refractivity contribution in [3.8, 4) is 0 Å². The molecular formula is C12H15BrClNO3S. The van der Waals surface area contributed by atoms with Crippen LogP contribution in [0.5, 0.6) is 0 Å². The Morgan fingerprint density at radius 2 is 2.00 bits per heavy atom. The minimum Gasteiger partial charge on any atom is -0.350 e. The summed E-state index contributed by atoms with van der Waals surface area (Å²) in [5, 5.41) is 3.12. The van der Waals surface area contributed by atoms with Crippen LogP contribution >= 0.6 is 27.5 Å². The molecule has 1 N–H and O–H groups in total. The van der Waals surface area contributed by atoms with Crippen LogP contribution in [0.1, 0.15) is 24.2 Å². The van der Waals surface area contributed by atoms with Crippen LogP contribution in [0.15, 0.2) is 22.7 Å². The first kappa shape index (κ1) is 16.5. The highest BCUT2D eigenvalue weighted by molar-refractivity contribution is 9.10. The lowest BCUT2D eigenvalue weighted by atomic mass is 10.2. The van der Waals surface area contributed by atoms with Gasteiger partial charge in [-0.05, 0) is 48.0 Å². The highest BCUT2D eigenvalue weighted by Gasteiger charge is 2.30. The molecule has 19 heavy (non-hydrogen) atoms. The largest absolute Gasteiger partial charge is 0.350 e. The molecule has 0 fully saturated rings. The van der Waals surface area contributed by atoms with Gasteiger partial charge in [0.25, 0.3) is 5.91 Å². The van der Waals surface area contributed by atoms with Crippen LogP contribution in [0.3, 0.4) is 0 Å². The molecule has 0 radical (unpaired) electrons. The molecule has 0 atom stereocenters. The Morgan fingerprint density at radius 3 is 2.47 bits per heavy atom. The van der Waals surface area contributed by atoms with Gasteiger partial charge in [0.15, 0.2) is 9.84 Å². The van der Waals surface area contributed by atoms with Gasteiger partial charge in [-0.25, -0.2) is 8.42 Å². The first-order chi connectivity index (χ1) is 8.54. The number of hydrogen-bond acceptors (Lipinski definition) is 3.